The van der Waals surface area contributed by atoms with Crippen molar-refractivity contribution in [2.45, 2.75) is 5.75 Å². The highest BCUT2D eigenvalue weighted by Gasteiger charge is 2.16. The zero-order valence-corrected chi connectivity index (χ0v) is 9.49. The molecule has 0 aliphatic heterocycles. The molecule has 0 bridgehead atoms. The van der Waals surface area contributed by atoms with Gasteiger partial charge in [0, 0.05) is 7.11 Å². The second-order valence-electron chi connectivity index (χ2n) is 3.19. The summed E-state index contributed by atoms with van der Waals surface area (Å²) in [6.07, 6.45) is 1.02. The van der Waals surface area contributed by atoms with Crippen LogP contribution in [-0.4, -0.2) is 39.0 Å². The molecule has 1 N–H and O–H groups in total. The molecule has 0 spiro atoms. The number of hydrogen-bond acceptors (Lipinski definition) is 5. The van der Waals surface area contributed by atoms with E-state index in [2.05, 4.69) is 4.74 Å². The molecule has 0 amide bonds. The maximum atomic E-state index is 11.5. The molecule has 0 radical (unpaired) electrons. The number of hydrogen-bond donors (Lipinski definition) is 1. The molecule has 0 aliphatic carbocycles. The second-order valence-corrected chi connectivity index (χ2v) is 5.38. The summed E-state index contributed by atoms with van der Waals surface area (Å²) in [7, 11) is -1.91. The van der Waals surface area contributed by atoms with Crippen LogP contribution in [0.25, 0.3) is 0 Å². The minimum Gasteiger partial charge on any atom is -0.478 e. The quantitative estimate of drug-likeness (QED) is 0.789. The Labute approximate surface area is 92.7 Å². The number of sulfone groups is 1. The lowest BCUT2D eigenvalue weighted by atomic mass is 10.3. The molecule has 1 aromatic rings. The van der Waals surface area contributed by atoms with Crippen LogP contribution in [0.3, 0.4) is 0 Å². The van der Waals surface area contributed by atoms with Crippen LogP contribution in [0, 0.1) is 0 Å². The molecule has 0 aliphatic rings. The minimum absolute atomic E-state index is 0.0584. The number of rotatable bonds is 6. The molecule has 0 saturated carbocycles. The largest absolute Gasteiger partial charge is 0.478 e. The molecular formula is C9H12O6S. The van der Waals surface area contributed by atoms with Crippen molar-refractivity contribution in [1.29, 1.82) is 0 Å². The zero-order valence-electron chi connectivity index (χ0n) is 8.67. The van der Waals surface area contributed by atoms with Crippen molar-refractivity contribution in [3.8, 4) is 0 Å². The van der Waals surface area contributed by atoms with Crippen molar-refractivity contribution in [2.75, 3.05) is 19.5 Å². The second kappa shape index (κ2) is 5.13. The molecule has 7 heteroatoms. The zero-order chi connectivity index (χ0) is 12.2. The molecule has 0 fully saturated rings. The lowest BCUT2D eigenvalue weighted by molar-refractivity contribution is 0.0696. The van der Waals surface area contributed by atoms with Crippen LogP contribution < -0.4 is 0 Å². The smallest absolute Gasteiger partial charge is 0.338 e. The number of methoxy groups -OCH3 is 1. The lowest BCUT2D eigenvalue weighted by Crippen LogP contribution is -2.13. The highest BCUT2D eigenvalue weighted by atomic mass is 32.2. The molecular weight excluding hydrogens is 236 g/mol. The van der Waals surface area contributed by atoms with Crippen LogP contribution in [0.2, 0.25) is 0 Å². The van der Waals surface area contributed by atoms with E-state index in [9.17, 15) is 13.2 Å². The summed E-state index contributed by atoms with van der Waals surface area (Å²) in [5, 5.41) is 8.61. The first kappa shape index (κ1) is 12.7. The summed E-state index contributed by atoms with van der Waals surface area (Å²) in [5.41, 5.74) is -0.0584. The van der Waals surface area contributed by atoms with E-state index in [4.69, 9.17) is 9.52 Å². The Hall–Kier alpha value is -1.34. The van der Waals surface area contributed by atoms with Crippen molar-refractivity contribution in [3.63, 3.8) is 0 Å². The topological polar surface area (TPSA) is 93.8 Å². The Bertz CT molecular complexity index is 458. The third-order valence-corrected chi connectivity index (χ3v) is 3.37. The fourth-order valence-electron chi connectivity index (χ4n) is 1.07. The fourth-order valence-corrected chi connectivity index (χ4v) is 2.22. The Morgan fingerprint density at radius 1 is 1.56 bits per heavy atom. The Morgan fingerprint density at radius 2 is 2.25 bits per heavy atom. The van der Waals surface area contributed by atoms with Gasteiger partial charge in [-0.05, 0) is 6.07 Å². The van der Waals surface area contributed by atoms with Crippen molar-refractivity contribution in [1.82, 2.24) is 0 Å². The summed E-state index contributed by atoms with van der Waals surface area (Å²) >= 11 is 0. The summed E-state index contributed by atoms with van der Waals surface area (Å²) in [6, 6.07) is 1.20. The standard InChI is InChI=1S/C9H12O6S/c1-14-2-3-16(12,13)6-8-4-7(5-15-8)9(10)11/h4-5H,2-3,6H2,1H3,(H,10,11). The predicted molar refractivity (Wildman–Crippen MR) is 55.0 cm³/mol. The van der Waals surface area contributed by atoms with Gasteiger partial charge in [-0.1, -0.05) is 0 Å². The van der Waals surface area contributed by atoms with Gasteiger partial charge < -0.3 is 14.3 Å². The molecule has 0 aromatic carbocycles. The van der Waals surface area contributed by atoms with Crippen LogP contribution in [0.15, 0.2) is 16.7 Å². The van der Waals surface area contributed by atoms with Crippen LogP contribution in [-0.2, 0) is 20.3 Å². The summed E-state index contributed by atoms with van der Waals surface area (Å²) in [6.45, 7) is 0.106. The average molecular weight is 248 g/mol. The van der Waals surface area contributed by atoms with Gasteiger partial charge in [0.2, 0.25) is 0 Å². The van der Waals surface area contributed by atoms with Gasteiger partial charge >= 0.3 is 5.97 Å². The lowest BCUT2D eigenvalue weighted by Gasteiger charge is -2.00. The van der Waals surface area contributed by atoms with Gasteiger partial charge in [0.15, 0.2) is 9.84 Å². The third kappa shape index (κ3) is 3.67. The maximum absolute atomic E-state index is 11.5. The third-order valence-electron chi connectivity index (χ3n) is 1.86. The summed E-state index contributed by atoms with van der Waals surface area (Å²) in [5.74, 6) is -1.46. The first-order chi connectivity index (χ1) is 7.44. The first-order valence-electron chi connectivity index (χ1n) is 4.44. The molecule has 1 heterocycles. The maximum Gasteiger partial charge on any atom is 0.338 e. The molecule has 6 nitrogen and oxygen atoms in total. The van der Waals surface area contributed by atoms with E-state index < -0.39 is 15.8 Å². The van der Waals surface area contributed by atoms with Crippen LogP contribution in [0.1, 0.15) is 16.1 Å². The van der Waals surface area contributed by atoms with E-state index in [1.807, 2.05) is 0 Å². The van der Waals surface area contributed by atoms with Crippen molar-refractivity contribution < 1.29 is 27.5 Å². The molecule has 1 rings (SSSR count). The van der Waals surface area contributed by atoms with Gasteiger partial charge in [-0.25, -0.2) is 13.2 Å². The van der Waals surface area contributed by atoms with Gasteiger partial charge in [0.25, 0.3) is 0 Å². The molecule has 16 heavy (non-hydrogen) atoms. The van der Waals surface area contributed by atoms with Gasteiger partial charge in [-0.15, -0.1) is 0 Å². The van der Waals surface area contributed by atoms with E-state index in [1.165, 1.54) is 13.2 Å². The molecule has 0 atom stereocenters. The number of ether oxygens (including phenoxy) is 1. The monoisotopic (exact) mass is 248 g/mol. The van der Waals surface area contributed by atoms with Crippen molar-refractivity contribution in [3.05, 3.63) is 23.7 Å². The minimum atomic E-state index is -3.32. The Kier molecular flexibility index (Phi) is 4.08. The highest BCUT2D eigenvalue weighted by molar-refractivity contribution is 7.90. The van der Waals surface area contributed by atoms with Gasteiger partial charge in [-0.2, -0.15) is 0 Å². The Balaban J connectivity index is 2.69. The van der Waals surface area contributed by atoms with E-state index in [-0.39, 0.29) is 29.4 Å². The van der Waals surface area contributed by atoms with Crippen LogP contribution in [0.5, 0.6) is 0 Å². The first-order valence-corrected chi connectivity index (χ1v) is 6.27. The average Bonchev–Trinajstić information content (AvgIpc) is 2.62. The van der Waals surface area contributed by atoms with E-state index in [1.54, 1.807) is 0 Å². The Morgan fingerprint density at radius 3 is 2.75 bits per heavy atom. The molecule has 0 unspecified atom stereocenters. The van der Waals surface area contributed by atoms with E-state index in [0.29, 0.717) is 0 Å². The highest BCUT2D eigenvalue weighted by Crippen LogP contribution is 2.11. The number of aromatic carboxylic acids is 1. The van der Waals surface area contributed by atoms with Crippen LogP contribution in [0.4, 0.5) is 0 Å². The van der Waals surface area contributed by atoms with E-state index >= 15 is 0 Å². The summed E-state index contributed by atoms with van der Waals surface area (Å²) < 4.78 is 32.4. The van der Waals surface area contributed by atoms with Gasteiger partial charge in [0.05, 0.1) is 17.9 Å². The SMILES string of the molecule is COCCS(=O)(=O)Cc1cc(C(=O)O)co1. The van der Waals surface area contributed by atoms with Crippen molar-refractivity contribution in [2.24, 2.45) is 0 Å². The van der Waals surface area contributed by atoms with Gasteiger partial charge in [0.1, 0.15) is 17.8 Å². The predicted octanol–water partition coefficient (Wildman–Crippen LogP) is 0.539. The molecule has 0 saturated heterocycles. The number of carbonyl (C=O) groups is 1. The number of carboxylic acid groups (broad SMARTS) is 1. The van der Waals surface area contributed by atoms with Crippen molar-refractivity contribution >= 4 is 15.8 Å². The van der Waals surface area contributed by atoms with Crippen LogP contribution >= 0.6 is 0 Å². The van der Waals surface area contributed by atoms with Gasteiger partial charge in [-0.3, -0.25) is 0 Å². The molecule has 90 valence electrons. The number of furan rings is 1. The van der Waals surface area contributed by atoms with E-state index in [0.717, 1.165) is 6.26 Å². The molecule has 1 aromatic heterocycles. The fraction of sp³-hybridized carbons (Fsp3) is 0.444. The summed E-state index contributed by atoms with van der Waals surface area (Å²) in [4.78, 5) is 10.5. The normalized spacial score (nSPS) is 11.6. The number of carboxylic acids is 1.